The first-order valence-electron chi connectivity index (χ1n) is 4.65. The molecule has 0 amide bonds. The van der Waals surface area contributed by atoms with Crippen LogP contribution in [-0.4, -0.2) is 14.7 Å². The zero-order chi connectivity index (χ0) is 10.2. The van der Waals surface area contributed by atoms with Crippen LogP contribution in [0.5, 0.6) is 0 Å². The van der Waals surface area contributed by atoms with E-state index in [1.165, 1.54) is 0 Å². The lowest BCUT2D eigenvalue weighted by atomic mass is 10.7. The van der Waals surface area contributed by atoms with E-state index in [2.05, 4.69) is 19.7 Å². The van der Waals surface area contributed by atoms with Gasteiger partial charge in [-0.1, -0.05) is 18.2 Å². The van der Waals surface area contributed by atoms with E-state index >= 15 is 0 Å². The van der Waals surface area contributed by atoms with Gasteiger partial charge in [-0.15, -0.1) is 19.7 Å². The maximum absolute atomic E-state index is 10.7. The topological polar surface area (TPSA) is 19.9 Å². The van der Waals surface area contributed by atoms with Gasteiger partial charge in [0, 0.05) is 0 Å². The van der Waals surface area contributed by atoms with Crippen LogP contribution < -0.4 is 0 Å². The Bertz CT molecular complexity index is 148. The maximum atomic E-state index is 10.7. The number of hydrogen-bond donors (Lipinski definition) is 0. The SMILES string of the molecule is C=CC[Si](CC=C)(CC=C)CC[O]. The zero-order valence-electron chi connectivity index (χ0n) is 8.30. The molecule has 13 heavy (non-hydrogen) atoms. The summed E-state index contributed by atoms with van der Waals surface area (Å²) in [4.78, 5) is 0. The standard InChI is InChI=1S/C11H19OSi/c1-4-8-13(9-5-2,10-6-3)11-7-12/h4-6H,1-3,7-11H2. The maximum Gasteiger partial charge on any atom is 0.0799 e. The quantitative estimate of drug-likeness (QED) is 0.418. The highest BCUT2D eigenvalue weighted by Gasteiger charge is 2.27. The molecule has 0 aromatic heterocycles. The van der Waals surface area contributed by atoms with Crippen molar-refractivity contribution in [2.24, 2.45) is 0 Å². The average Bonchev–Trinajstić information content (AvgIpc) is 2.06. The third-order valence-electron chi connectivity index (χ3n) is 2.36. The van der Waals surface area contributed by atoms with Crippen molar-refractivity contribution in [3.05, 3.63) is 38.0 Å². The van der Waals surface area contributed by atoms with E-state index < -0.39 is 8.07 Å². The van der Waals surface area contributed by atoms with Gasteiger partial charge >= 0.3 is 0 Å². The molecule has 0 N–H and O–H groups in total. The Morgan fingerprint density at radius 3 is 1.54 bits per heavy atom. The van der Waals surface area contributed by atoms with E-state index in [-0.39, 0.29) is 6.61 Å². The molecule has 1 radical (unpaired) electrons. The molecule has 0 fully saturated rings. The van der Waals surface area contributed by atoms with E-state index in [0.29, 0.717) is 0 Å². The fourth-order valence-corrected chi connectivity index (χ4v) is 5.07. The van der Waals surface area contributed by atoms with Gasteiger partial charge in [-0.05, 0) is 24.2 Å². The Morgan fingerprint density at radius 1 is 0.923 bits per heavy atom. The van der Waals surface area contributed by atoms with Gasteiger partial charge in [-0.2, -0.15) is 0 Å². The largest absolute Gasteiger partial charge is 0.237 e. The van der Waals surface area contributed by atoms with Crippen LogP contribution in [-0.2, 0) is 5.11 Å². The van der Waals surface area contributed by atoms with E-state index in [1.807, 2.05) is 18.2 Å². The summed E-state index contributed by atoms with van der Waals surface area (Å²) < 4.78 is 0. The van der Waals surface area contributed by atoms with Gasteiger partial charge in [-0.25, -0.2) is 5.11 Å². The van der Waals surface area contributed by atoms with Gasteiger partial charge in [0.2, 0.25) is 0 Å². The van der Waals surface area contributed by atoms with Gasteiger partial charge in [-0.3, -0.25) is 0 Å². The molecule has 0 aliphatic heterocycles. The van der Waals surface area contributed by atoms with E-state index in [1.54, 1.807) is 0 Å². The highest BCUT2D eigenvalue weighted by atomic mass is 28.3. The molecule has 0 atom stereocenters. The molecule has 0 aromatic rings. The Hall–Kier alpha value is -0.603. The summed E-state index contributed by atoms with van der Waals surface area (Å²) in [6, 6.07) is 3.84. The summed E-state index contributed by atoms with van der Waals surface area (Å²) in [5.74, 6) is 0. The first-order valence-corrected chi connectivity index (χ1v) is 7.48. The van der Waals surface area contributed by atoms with Crippen LogP contribution in [0.4, 0.5) is 0 Å². The van der Waals surface area contributed by atoms with Crippen LogP contribution in [0, 0.1) is 0 Å². The number of hydrogen-bond acceptors (Lipinski definition) is 0. The molecule has 0 saturated heterocycles. The van der Waals surface area contributed by atoms with Crippen LogP contribution in [0.3, 0.4) is 0 Å². The van der Waals surface area contributed by atoms with Crippen molar-refractivity contribution in [1.82, 2.24) is 0 Å². The van der Waals surface area contributed by atoms with Crippen LogP contribution in [0.1, 0.15) is 0 Å². The Morgan fingerprint density at radius 2 is 1.31 bits per heavy atom. The average molecular weight is 195 g/mol. The third-order valence-corrected chi connectivity index (χ3v) is 7.09. The Labute approximate surface area is 82.5 Å². The van der Waals surface area contributed by atoms with Crippen molar-refractivity contribution in [2.75, 3.05) is 6.61 Å². The van der Waals surface area contributed by atoms with E-state index in [9.17, 15) is 5.11 Å². The van der Waals surface area contributed by atoms with Crippen molar-refractivity contribution in [1.29, 1.82) is 0 Å². The molecule has 0 unspecified atom stereocenters. The minimum Gasteiger partial charge on any atom is -0.237 e. The zero-order valence-corrected chi connectivity index (χ0v) is 9.30. The molecule has 73 valence electrons. The summed E-state index contributed by atoms with van der Waals surface area (Å²) >= 11 is 0. The predicted molar refractivity (Wildman–Crippen MR) is 61.1 cm³/mol. The second kappa shape index (κ2) is 6.86. The van der Waals surface area contributed by atoms with Crippen molar-refractivity contribution in [2.45, 2.75) is 24.2 Å². The Balaban J connectivity index is 4.44. The van der Waals surface area contributed by atoms with Gasteiger partial charge in [0.1, 0.15) is 0 Å². The molecule has 1 nitrogen and oxygen atoms in total. The van der Waals surface area contributed by atoms with Crippen LogP contribution >= 0.6 is 0 Å². The normalized spacial score (nSPS) is 10.8. The molecule has 0 aromatic carbocycles. The summed E-state index contributed by atoms with van der Waals surface area (Å²) in [5, 5.41) is 10.7. The molecule has 0 bridgehead atoms. The summed E-state index contributed by atoms with van der Waals surface area (Å²) in [6.45, 7) is 11.3. The molecular weight excluding hydrogens is 176 g/mol. The Kier molecular flexibility index (Phi) is 6.55. The van der Waals surface area contributed by atoms with Gasteiger partial charge in [0.25, 0.3) is 0 Å². The van der Waals surface area contributed by atoms with Gasteiger partial charge in [0.15, 0.2) is 0 Å². The fraction of sp³-hybridized carbons (Fsp3) is 0.455. The first kappa shape index (κ1) is 12.4. The molecular formula is C11H19OSi. The lowest BCUT2D eigenvalue weighted by molar-refractivity contribution is 0.210. The predicted octanol–water partition coefficient (Wildman–Crippen LogP) is 3.42. The van der Waals surface area contributed by atoms with Crippen LogP contribution in [0.25, 0.3) is 0 Å². The third kappa shape index (κ3) is 4.25. The smallest absolute Gasteiger partial charge is 0.0799 e. The van der Waals surface area contributed by atoms with Crippen molar-refractivity contribution < 1.29 is 5.11 Å². The summed E-state index contributed by atoms with van der Waals surface area (Å²) in [7, 11) is -1.46. The summed E-state index contributed by atoms with van der Waals surface area (Å²) in [5.41, 5.74) is 0. The summed E-state index contributed by atoms with van der Waals surface area (Å²) in [6.07, 6.45) is 5.82. The first-order chi connectivity index (χ1) is 6.24. The van der Waals surface area contributed by atoms with Crippen molar-refractivity contribution >= 4 is 8.07 Å². The number of rotatable bonds is 8. The van der Waals surface area contributed by atoms with Gasteiger partial charge < -0.3 is 0 Å². The van der Waals surface area contributed by atoms with E-state index in [0.717, 1.165) is 24.2 Å². The van der Waals surface area contributed by atoms with Crippen LogP contribution in [0.15, 0.2) is 38.0 Å². The molecule has 0 aliphatic rings. The van der Waals surface area contributed by atoms with Gasteiger partial charge in [0.05, 0.1) is 14.7 Å². The molecule has 0 spiro atoms. The molecule has 0 saturated carbocycles. The van der Waals surface area contributed by atoms with Crippen molar-refractivity contribution in [3.63, 3.8) is 0 Å². The molecule has 0 heterocycles. The monoisotopic (exact) mass is 195 g/mol. The minimum absolute atomic E-state index is 0.0295. The molecule has 0 rings (SSSR count). The van der Waals surface area contributed by atoms with E-state index in [4.69, 9.17) is 0 Å². The van der Waals surface area contributed by atoms with Crippen LogP contribution in [0.2, 0.25) is 24.2 Å². The van der Waals surface area contributed by atoms with Crippen molar-refractivity contribution in [3.8, 4) is 0 Å². The lowest BCUT2D eigenvalue weighted by Gasteiger charge is -2.27. The molecule has 0 aliphatic carbocycles. The highest BCUT2D eigenvalue weighted by molar-refractivity contribution is 6.81. The highest BCUT2D eigenvalue weighted by Crippen LogP contribution is 2.26. The second-order valence-corrected chi connectivity index (χ2v) is 8.16. The minimum atomic E-state index is -1.46. The number of allylic oxidation sites excluding steroid dienone is 3. The lowest BCUT2D eigenvalue weighted by Crippen LogP contribution is -2.32. The fourth-order valence-electron chi connectivity index (χ4n) is 1.69. The molecule has 2 heteroatoms. The second-order valence-electron chi connectivity index (χ2n) is 3.43.